The molecule has 1 atom stereocenters. The van der Waals surface area contributed by atoms with E-state index in [1.807, 2.05) is 6.92 Å². The van der Waals surface area contributed by atoms with Gasteiger partial charge < -0.3 is 5.32 Å². The fourth-order valence-corrected chi connectivity index (χ4v) is 2.08. The summed E-state index contributed by atoms with van der Waals surface area (Å²) in [7, 11) is 2.06. The van der Waals surface area contributed by atoms with Gasteiger partial charge in [-0.1, -0.05) is 12.8 Å². The van der Waals surface area contributed by atoms with Gasteiger partial charge in [0, 0.05) is 12.5 Å². The molecule has 1 N–H and O–H groups in total. The number of hydrogen-bond acceptors (Lipinski definition) is 1. The van der Waals surface area contributed by atoms with Gasteiger partial charge in [0.05, 0.1) is 0 Å². The maximum atomic E-state index is 3.38. The minimum absolute atomic E-state index is 0.639. The summed E-state index contributed by atoms with van der Waals surface area (Å²) in [6.07, 6.45) is 6.66. The SMILES string of the molecule is CC#CCC(NC)C1CCCC1. The van der Waals surface area contributed by atoms with E-state index in [0.717, 1.165) is 12.3 Å². The molecule has 1 fully saturated rings. The number of rotatable bonds is 3. The quantitative estimate of drug-likeness (QED) is 0.632. The molecule has 0 radical (unpaired) electrons. The zero-order valence-electron chi connectivity index (χ0n) is 8.19. The molecule has 0 saturated heterocycles. The van der Waals surface area contributed by atoms with Gasteiger partial charge in [-0.05, 0) is 32.7 Å². The minimum Gasteiger partial charge on any atom is -0.316 e. The third kappa shape index (κ3) is 2.53. The Hall–Kier alpha value is -0.480. The second-order valence-corrected chi connectivity index (χ2v) is 3.57. The highest BCUT2D eigenvalue weighted by Crippen LogP contribution is 2.28. The van der Waals surface area contributed by atoms with Crippen molar-refractivity contribution in [2.75, 3.05) is 7.05 Å². The number of nitrogens with one attached hydrogen (secondary N) is 1. The van der Waals surface area contributed by atoms with Gasteiger partial charge in [-0.3, -0.25) is 0 Å². The van der Waals surface area contributed by atoms with E-state index in [9.17, 15) is 0 Å². The van der Waals surface area contributed by atoms with E-state index in [-0.39, 0.29) is 0 Å². The smallest absolute Gasteiger partial charge is 0.0245 e. The first-order chi connectivity index (χ1) is 5.88. The van der Waals surface area contributed by atoms with Crippen LogP contribution in [0.1, 0.15) is 39.0 Å². The lowest BCUT2D eigenvalue weighted by Crippen LogP contribution is -2.31. The Labute approximate surface area is 75.9 Å². The Balaban J connectivity index is 2.35. The highest BCUT2D eigenvalue weighted by Gasteiger charge is 2.22. The van der Waals surface area contributed by atoms with Gasteiger partial charge in [-0.25, -0.2) is 0 Å². The Morgan fingerprint density at radius 1 is 1.42 bits per heavy atom. The predicted octanol–water partition coefficient (Wildman–Crippen LogP) is 2.18. The highest BCUT2D eigenvalue weighted by molar-refractivity contribution is 4.99. The maximum absolute atomic E-state index is 3.38. The first-order valence-electron chi connectivity index (χ1n) is 4.95. The molecule has 68 valence electrons. The van der Waals surface area contributed by atoms with Gasteiger partial charge in [-0.15, -0.1) is 11.8 Å². The van der Waals surface area contributed by atoms with E-state index in [1.54, 1.807) is 0 Å². The van der Waals surface area contributed by atoms with Gasteiger partial charge in [0.15, 0.2) is 0 Å². The Morgan fingerprint density at radius 2 is 2.08 bits per heavy atom. The van der Waals surface area contributed by atoms with E-state index in [2.05, 4.69) is 24.2 Å². The van der Waals surface area contributed by atoms with Crippen LogP contribution in [0.3, 0.4) is 0 Å². The molecule has 0 aromatic rings. The molecule has 0 heterocycles. The summed E-state index contributed by atoms with van der Waals surface area (Å²) in [6.45, 7) is 1.92. The highest BCUT2D eigenvalue weighted by atomic mass is 14.9. The van der Waals surface area contributed by atoms with Crippen LogP contribution in [-0.2, 0) is 0 Å². The van der Waals surface area contributed by atoms with Crippen LogP contribution in [0.2, 0.25) is 0 Å². The van der Waals surface area contributed by atoms with Crippen LogP contribution < -0.4 is 5.32 Å². The minimum atomic E-state index is 0.639. The molecular weight excluding hydrogens is 146 g/mol. The van der Waals surface area contributed by atoms with Crippen LogP contribution in [0, 0.1) is 17.8 Å². The lowest BCUT2D eigenvalue weighted by Gasteiger charge is -2.20. The molecule has 1 rings (SSSR count). The molecule has 1 nitrogen and oxygen atoms in total. The van der Waals surface area contributed by atoms with Crippen LogP contribution in [0.15, 0.2) is 0 Å². The lowest BCUT2D eigenvalue weighted by molar-refractivity contribution is 0.385. The number of hydrogen-bond donors (Lipinski definition) is 1. The summed E-state index contributed by atoms with van der Waals surface area (Å²) < 4.78 is 0. The molecule has 1 heteroatoms. The van der Waals surface area contributed by atoms with Gasteiger partial charge in [0.1, 0.15) is 0 Å². The van der Waals surface area contributed by atoms with Crippen molar-refractivity contribution >= 4 is 0 Å². The van der Waals surface area contributed by atoms with Crippen LogP contribution in [-0.4, -0.2) is 13.1 Å². The van der Waals surface area contributed by atoms with Crippen molar-refractivity contribution in [3.05, 3.63) is 0 Å². The first-order valence-corrected chi connectivity index (χ1v) is 4.95. The van der Waals surface area contributed by atoms with Crippen LogP contribution in [0.5, 0.6) is 0 Å². The van der Waals surface area contributed by atoms with Gasteiger partial charge in [-0.2, -0.15) is 0 Å². The molecule has 1 saturated carbocycles. The summed E-state index contributed by atoms with van der Waals surface area (Å²) >= 11 is 0. The molecule has 0 bridgehead atoms. The predicted molar refractivity (Wildman–Crippen MR) is 52.9 cm³/mol. The van der Waals surface area contributed by atoms with Crippen molar-refractivity contribution < 1.29 is 0 Å². The largest absolute Gasteiger partial charge is 0.316 e. The molecule has 1 aliphatic carbocycles. The summed E-state index contributed by atoms with van der Waals surface area (Å²) in [4.78, 5) is 0. The third-order valence-corrected chi connectivity index (χ3v) is 2.84. The zero-order valence-corrected chi connectivity index (χ0v) is 8.19. The van der Waals surface area contributed by atoms with Crippen molar-refractivity contribution in [1.82, 2.24) is 5.32 Å². The fraction of sp³-hybridized carbons (Fsp3) is 0.818. The van der Waals surface area contributed by atoms with E-state index in [1.165, 1.54) is 25.7 Å². The standard InChI is InChI=1S/C11H19N/c1-3-4-9-11(12-2)10-7-5-6-8-10/h10-12H,5-9H2,1-2H3. The van der Waals surface area contributed by atoms with Crippen molar-refractivity contribution in [2.24, 2.45) is 5.92 Å². The van der Waals surface area contributed by atoms with Gasteiger partial charge in [0.2, 0.25) is 0 Å². The molecule has 1 unspecified atom stereocenters. The average Bonchev–Trinajstić information content (AvgIpc) is 2.59. The monoisotopic (exact) mass is 165 g/mol. The topological polar surface area (TPSA) is 12.0 Å². The molecule has 0 aromatic carbocycles. The van der Waals surface area contributed by atoms with Crippen molar-refractivity contribution in [3.63, 3.8) is 0 Å². The van der Waals surface area contributed by atoms with Crippen molar-refractivity contribution in [2.45, 2.75) is 45.1 Å². The first kappa shape index (κ1) is 9.61. The lowest BCUT2D eigenvalue weighted by atomic mass is 9.96. The molecule has 0 spiro atoms. The summed E-state index contributed by atoms with van der Waals surface area (Å²) in [6, 6.07) is 0.639. The van der Waals surface area contributed by atoms with Gasteiger partial charge in [0.25, 0.3) is 0 Å². The van der Waals surface area contributed by atoms with E-state index in [0.29, 0.717) is 6.04 Å². The van der Waals surface area contributed by atoms with Crippen LogP contribution >= 0.6 is 0 Å². The molecule has 1 aliphatic rings. The van der Waals surface area contributed by atoms with Crippen molar-refractivity contribution in [3.8, 4) is 11.8 Å². The second-order valence-electron chi connectivity index (χ2n) is 3.57. The average molecular weight is 165 g/mol. The molecule has 0 aromatic heterocycles. The van der Waals surface area contributed by atoms with Crippen molar-refractivity contribution in [1.29, 1.82) is 0 Å². The van der Waals surface area contributed by atoms with E-state index < -0.39 is 0 Å². The molecule has 12 heavy (non-hydrogen) atoms. The van der Waals surface area contributed by atoms with Crippen LogP contribution in [0.4, 0.5) is 0 Å². The van der Waals surface area contributed by atoms with E-state index in [4.69, 9.17) is 0 Å². The molecule has 0 aliphatic heterocycles. The Kier molecular flexibility index (Phi) is 4.18. The Morgan fingerprint density at radius 3 is 2.58 bits per heavy atom. The third-order valence-electron chi connectivity index (χ3n) is 2.84. The summed E-state index contributed by atoms with van der Waals surface area (Å²) in [5.41, 5.74) is 0. The fourth-order valence-electron chi connectivity index (χ4n) is 2.08. The second kappa shape index (κ2) is 5.22. The molecular formula is C11H19N. The summed E-state index contributed by atoms with van der Waals surface area (Å²) in [5, 5.41) is 3.38. The normalized spacial score (nSPS) is 20.2. The maximum Gasteiger partial charge on any atom is 0.0245 e. The zero-order chi connectivity index (χ0) is 8.81. The van der Waals surface area contributed by atoms with Gasteiger partial charge >= 0.3 is 0 Å². The summed E-state index contributed by atoms with van der Waals surface area (Å²) in [5.74, 6) is 7.01. The Bertz CT molecular complexity index is 169. The molecule has 0 amide bonds. The van der Waals surface area contributed by atoms with Crippen LogP contribution in [0.25, 0.3) is 0 Å². The van der Waals surface area contributed by atoms with E-state index >= 15 is 0 Å².